The predicted molar refractivity (Wildman–Crippen MR) is 75.5 cm³/mol. The van der Waals surface area contributed by atoms with Gasteiger partial charge in [0.2, 0.25) is 0 Å². The number of aliphatic carboxylic acids is 1. The molecule has 106 valence electrons. The lowest BCUT2D eigenvalue weighted by Crippen LogP contribution is -2.38. The first-order valence-electron chi connectivity index (χ1n) is 6.24. The fourth-order valence-corrected chi connectivity index (χ4v) is 1.32. The van der Waals surface area contributed by atoms with Gasteiger partial charge in [0.05, 0.1) is 5.92 Å². The molecule has 6 nitrogen and oxygen atoms in total. The molecule has 19 heavy (non-hydrogen) atoms. The monoisotopic (exact) mass is 266 g/mol. The fraction of sp³-hybridized carbons (Fsp3) is 0.615. The molecule has 0 aliphatic rings. The molecule has 0 spiro atoms. The van der Waals surface area contributed by atoms with Crippen LogP contribution in [0.1, 0.15) is 27.7 Å². The smallest absolute Gasteiger partial charge is 0.308 e. The summed E-state index contributed by atoms with van der Waals surface area (Å²) in [6.45, 7) is 8.27. The van der Waals surface area contributed by atoms with Crippen molar-refractivity contribution in [1.29, 1.82) is 0 Å². The maximum atomic E-state index is 10.7. The second-order valence-electron chi connectivity index (χ2n) is 5.61. The van der Waals surface area contributed by atoms with E-state index in [1.54, 1.807) is 6.92 Å². The number of anilines is 2. The molecular formula is C13H22N4O2. The molecule has 1 atom stereocenters. The molecular weight excluding hydrogens is 244 g/mol. The quantitative estimate of drug-likeness (QED) is 0.846. The van der Waals surface area contributed by atoms with Crippen LogP contribution in [0.5, 0.6) is 0 Å². The molecule has 1 aromatic rings. The Morgan fingerprint density at radius 2 is 2.11 bits per heavy atom. The van der Waals surface area contributed by atoms with Gasteiger partial charge in [-0.1, -0.05) is 6.92 Å². The lowest BCUT2D eigenvalue weighted by atomic mass is 10.1. The summed E-state index contributed by atoms with van der Waals surface area (Å²) in [4.78, 5) is 21.1. The highest BCUT2D eigenvalue weighted by molar-refractivity contribution is 5.70. The Balaban J connectivity index is 2.75. The topological polar surface area (TPSA) is 78.3 Å². The van der Waals surface area contributed by atoms with Crippen LogP contribution in [0.15, 0.2) is 12.4 Å². The van der Waals surface area contributed by atoms with Crippen LogP contribution < -0.4 is 10.2 Å². The molecule has 2 N–H and O–H groups in total. The van der Waals surface area contributed by atoms with E-state index < -0.39 is 11.9 Å². The summed E-state index contributed by atoms with van der Waals surface area (Å²) in [6, 6.07) is 1.82. The minimum atomic E-state index is -0.825. The Hall–Kier alpha value is -1.85. The van der Waals surface area contributed by atoms with E-state index in [0.29, 0.717) is 12.4 Å². The Bertz CT molecular complexity index is 443. The summed E-state index contributed by atoms with van der Waals surface area (Å²) < 4.78 is 0. The van der Waals surface area contributed by atoms with E-state index in [9.17, 15) is 4.79 Å². The first-order valence-corrected chi connectivity index (χ1v) is 6.24. The van der Waals surface area contributed by atoms with Crippen LogP contribution in [0.25, 0.3) is 0 Å². The van der Waals surface area contributed by atoms with Crippen molar-refractivity contribution in [3.8, 4) is 0 Å². The maximum Gasteiger partial charge on any atom is 0.308 e. The largest absolute Gasteiger partial charge is 0.481 e. The van der Waals surface area contributed by atoms with Gasteiger partial charge in [-0.3, -0.25) is 4.79 Å². The highest BCUT2D eigenvalue weighted by Gasteiger charge is 2.19. The Kier molecular flexibility index (Phi) is 4.69. The summed E-state index contributed by atoms with van der Waals surface area (Å²) >= 11 is 0. The van der Waals surface area contributed by atoms with Crippen molar-refractivity contribution in [1.82, 2.24) is 9.97 Å². The van der Waals surface area contributed by atoms with Crippen molar-refractivity contribution >= 4 is 17.6 Å². The third-order valence-corrected chi connectivity index (χ3v) is 3.01. The van der Waals surface area contributed by atoms with Gasteiger partial charge in [-0.2, -0.15) is 0 Å². The number of carbonyl (C=O) groups is 1. The summed E-state index contributed by atoms with van der Waals surface area (Å²) in [5.41, 5.74) is -0.0417. The number of nitrogens with zero attached hydrogens (tertiary/aromatic N) is 3. The standard InChI is InChI=1S/C13H22N4O2/c1-9(12(18)19)7-14-10-6-11(16-8-15-10)17(5)13(2,3)4/h6,8-9H,7H2,1-5H3,(H,18,19)(H,14,15,16). The van der Waals surface area contributed by atoms with Crippen molar-refractivity contribution in [3.05, 3.63) is 12.4 Å². The van der Waals surface area contributed by atoms with Crippen molar-refractivity contribution in [2.24, 2.45) is 5.92 Å². The molecule has 1 aromatic heterocycles. The maximum absolute atomic E-state index is 10.7. The summed E-state index contributed by atoms with van der Waals surface area (Å²) in [5, 5.41) is 11.8. The third-order valence-electron chi connectivity index (χ3n) is 3.01. The zero-order valence-corrected chi connectivity index (χ0v) is 12.1. The van der Waals surface area contributed by atoms with Crippen molar-refractivity contribution in [2.75, 3.05) is 23.8 Å². The highest BCUT2D eigenvalue weighted by Crippen LogP contribution is 2.20. The van der Waals surface area contributed by atoms with E-state index in [2.05, 4.69) is 36.1 Å². The van der Waals surface area contributed by atoms with Gasteiger partial charge in [0.1, 0.15) is 18.0 Å². The van der Waals surface area contributed by atoms with Gasteiger partial charge < -0.3 is 15.3 Å². The molecule has 0 amide bonds. The zero-order valence-electron chi connectivity index (χ0n) is 12.1. The summed E-state index contributed by atoms with van der Waals surface area (Å²) in [7, 11) is 1.96. The lowest BCUT2D eigenvalue weighted by Gasteiger charge is -2.33. The molecule has 0 aliphatic heterocycles. The molecule has 0 bridgehead atoms. The van der Waals surface area contributed by atoms with Crippen LogP contribution in [-0.2, 0) is 4.79 Å². The molecule has 0 aromatic carbocycles. The zero-order chi connectivity index (χ0) is 14.6. The van der Waals surface area contributed by atoms with E-state index >= 15 is 0 Å². The molecule has 1 heterocycles. The summed E-state index contributed by atoms with van der Waals surface area (Å²) in [5.74, 6) is 0.148. The first-order chi connectivity index (χ1) is 8.71. The Morgan fingerprint density at radius 3 is 2.63 bits per heavy atom. The highest BCUT2D eigenvalue weighted by atomic mass is 16.4. The second-order valence-corrected chi connectivity index (χ2v) is 5.61. The van der Waals surface area contributed by atoms with Crippen molar-refractivity contribution < 1.29 is 9.90 Å². The average molecular weight is 266 g/mol. The molecule has 0 radical (unpaired) electrons. The molecule has 0 saturated carbocycles. The molecule has 0 saturated heterocycles. The summed E-state index contributed by atoms with van der Waals surface area (Å²) in [6.07, 6.45) is 1.48. The van der Waals surface area contributed by atoms with E-state index in [1.807, 2.05) is 18.0 Å². The molecule has 0 aliphatic carbocycles. The van der Waals surface area contributed by atoms with E-state index in [-0.39, 0.29) is 5.54 Å². The van der Waals surface area contributed by atoms with Gasteiger partial charge in [-0.15, -0.1) is 0 Å². The third kappa shape index (κ3) is 4.39. The van der Waals surface area contributed by atoms with Gasteiger partial charge >= 0.3 is 5.97 Å². The predicted octanol–water partition coefficient (Wildman–Crippen LogP) is 1.84. The second kappa shape index (κ2) is 5.86. The molecule has 1 unspecified atom stereocenters. The van der Waals surface area contributed by atoms with Gasteiger partial charge in [0.25, 0.3) is 0 Å². The number of nitrogens with one attached hydrogen (secondary N) is 1. The lowest BCUT2D eigenvalue weighted by molar-refractivity contribution is -0.140. The molecule has 6 heteroatoms. The molecule has 0 fully saturated rings. The van der Waals surface area contributed by atoms with Gasteiger partial charge in [-0.25, -0.2) is 9.97 Å². The number of aromatic nitrogens is 2. The van der Waals surface area contributed by atoms with E-state index in [0.717, 1.165) is 5.82 Å². The first kappa shape index (κ1) is 15.2. The van der Waals surface area contributed by atoms with Crippen molar-refractivity contribution in [3.63, 3.8) is 0 Å². The number of rotatable bonds is 5. The average Bonchev–Trinajstić information content (AvgIpc) is 2.34. The van der Waals surface area contributed by atoms with Crippen LogP contribution in [0, 0.1) is 5.92 Å². The molecule has 1 rings (SSSR count). The number of hydrogen-bond acceptors (Lipinski definition) is 5. The van der Waals surface area contributed by atoms with Gasteiger partial charge in [0, 0.05) is 25.2 Å². The number of carboxylic acids is 1. The normalized spacial score (nSPS) is 12.9. The van der Waals surface area contributed by atoms with Crippen LogP contribution in [0.2, 0.25) is 0 Å². The minimum absolute atomic E-state index is 0.0417. The number of hydrogen-bond donors (Lipinski definition) is 2. The van der Waals surface area contributed by atoms with Crippen LogP contribution in [0.3, 0.4) is 0 Å². The SMILES string of the molecule is CC(CNc1cc(N(C)C(C)(C)C)ncn1)C(=O)O. The Labute approximate surface area is 113 Å². The van der Waals surface area contributed by atoms with E-state index in [1.165, 1.54) is 6.33 Å². The van der Waals surface area contributed by atoms with Crippen molar-refractivity contribution in [2.45, 2.75) is 33.2 Å². The Morgan fingerprint density at radius 1 is 1.47 bits per heavy atom. The minimum Gasteiger partial charge on any atom is -0.481 e. The van der Waals surface area contributed by atoms with Crippen LogP contribution >= 0.6 is 0 Å². The number of carboxylic acid groups (broad SMARTS) is 1. The van der Waals surface area contributed by atoms with Crippen LogP contribution in [-0.4, -0.2) is 40.2 Å². The van der Waals surface area contributed by atoms with Gasteiger partial charge in [-0.05, 0) is 20.8 Å². The van der Waals surface area contributed by atoms with Gasteiger partial charge in [0.15, 0.2) is 0 Å². The van der Waals surface area contributed by atoms with Crippen LogP contribution in [0.4, 0.5) is 11.6 Å². The fourth-order valence-electron chi connectivity index (χ4n) is 1.32. The van der Waals surface area contributed by atoms with E-state index in [4.69, 9.17) is 5.11 Å².